The summed E-state index contributed by atoms with van der Waals surface area (Å²) < 4.78 is 2.56. The van der Waals surface area contributed by atoms with Crippen LogP contribution in [0.15, 0.2) is 48.5 Å². The number of fused-ring (bicyclic) bond motifs is 3. The number of anilines is 1. The van der Waals surface area contributed by atoms with Crippen molar-refractivity contribution in [3.8, 4) is 0 Å². The van der Waals surface area contributed by atoms with Crippen LogP contribution < -0.4 is 10.2 Å². The van der Waals surface area contributed by atoms with Gasteiger partial charge in [0.2, 0.25) is 0 Å². The highest BCUT2D eigenvalue weighted by atomic mass is 15.1. The third-order valence-electron chi connectivity index (χ3n) is 5.55. The van der Waals surface area contributed by atoms with E-state index in [1.54, 1.807) is 11.3 Å². The molecule has 0 bridgehead atoms. The van der Waals surface area contributed by atoms with Gasteiger partial charge in [0.25, 0.3) is 0 Å². The van der Waals surface area contributed by atoms with Gasteiger partial charge in [0.1, 0.15) is 0 Å². The monoisotopic (exact) mass is 347 g/mol. The quantitative estimate of drug-likeness (QED) is 0.668. The van der Waals surface area contributed by atoms with Crippen molar-refractivity contribution < 1.29 is 0 Å². The van der Waals surface area contributed by atoms with Crippen LogP contribution in [0.5, 0.6) is 0 Å². The molecular weight excluding hydrogens is 318 g/mol. The Kier molecular flexibility index (Phi) is 4.98. The summed E-state index contributed by atoms with van der Waals surface area (Å²) in [4.78, 5) is 2.16. The van der Waals surface area contributed by atoms with Crippen LogP contribution in [0.3, 0.4) is 0 Å². The van der Waals surface area contributed by atoms with Gasteiger partial charge >= 0.3 is 0 Å². The van der Waals surface area contributed by atoms with Crippen LogP contribution in [0.4, 0.5) is 5.69 Å². The van der Waals surface area contributed by atoms with Crippen LogP contribution in [0.1, 0.15) is 29.7 Å². The highest BCUT2D eigenvalue weighted by Crippen LogP contribution is 2.30. The molecule has 1 aromatic heterocycles. The first-order valence-corrected chi connectivity index (χ1v) is 9.80. The number of hydrogen-bond acceptors (Lipinski definition) is 2. The highest BCUT2D eigenvalue weighted by molar-refractivity contribution is 5.85. The number of rotatable bonds is 6. The van der Waals surface area contributed by atoms with Crippen LogP contribution in [-0.4, -0.2) is 25.2 Å². The molecular formula is C23H29N3. The molecule has 0 unspecified atom stereocenters. The van der Waals surface area contributed by atoms with E-state index in [0.29, 0.717) is 0 Å². The molecule has 0 aliphatic carbocycles. The maximum absolute atomic E-state index is 3.65. The van der Waals surface area contributed by atoms with E-state index in [0.717, 1.165) is 19.5 Å². The van der Waals surface area contributed by atoms with Gasteiger partial charge in [-0.2, -0.15) is 0 Å². The largest absolute Gasteiger partial charge is 0.378 e. The molecule has 1 aliphatic heterocycles. The fourth-order valence-electron chi connectivity index (χ4n) is 4.20. The number of nitrogens with one attached hydrogen (secondary N) is 1. The molecule has 0 atom stereocenters. The van der Waals surface area contributed by atoms with E-state index in [4.69, 9.17) is 0 Å². The lowest BCUT2D eigenvalue weighted by Crippen LogP contribution is -2.18. The molecule has 4 rings (SSSR count). The minimum absolute atomic E-state index is 0.926. The average molecular weight is 348 g/mol. The second kappa shape index (κ2) is 7.55. The van der Waals surface area contributed by atoms with Gasteiger partial charge in [-0.05, 0) is 61.6 Å². The molecule has 1 N–H and O–H groups in total. The molecule has 0 radical (unpaired) electrons. The molecule has 0 spiro atoms. The molecule has 0 amide bonds. The van der Waals surface area contributed by atoms with Crippen molar-refractivity contribution >= 4 is 16.6 Å². The van der Waals surface area contributed by atoms with Crippen LogP contribution in [-0.2, 0) is 25.9 Å². The first-order chi connectivity index (χ1) is 12.7. The topological polar surface area (TPSA) is 20.2 Å². The van der Waals surface area contributed by atoms with E-state index >= 15 is 0 Å². The Bertz CT molecular complexity index is 892. The first kappa shape index (κ1) is 17.2. The summed E-state index contributed by atoms with van der Waals surface area (Å²) in [5.74, 6) is 0. The molecule has 136 valence electrons. The molecule has 0 fully saturated rings. The van der Waals surface area contributed by atoms with Gasteiger partial charge in [0, 0.05) is 49.5 Å². The summed E-state index contributed by atoms with van der Waals surface area (Å²) >= 11 is 0. The third-order valence-corrected chi connectivity index (χ3v) is 5.55. The molecule has 26 heavy (non-hydrogen) atoms. The zero-order valence-electron chi connectivity index (χ0n) is 16.0. The smallest absolute Gasteiger partial charge is 0.0485 e. The lowest BCUT2D eigenvalue weighted by Gasteiger charge is -2.17. The minimum Gasteiger partial charge on any atom is -0.378 e. The summed E-state index contributed by atoms with van der Waals surface area (Å²) in [6, 6.07) is 17.7. The number of aromatic nitrogens is 1. The number of aryl methyl sites for hydroxylation is 1. The van der Waals surface area contributed by atoms with Crippen LogP contribution in [0.25, 0.3) is 10.9 Å². The van der Waals surface area contributed by atoms with E-state index < -0.39 is 0 Å². The Balaban J connectivity index is 1.45. The number of para-hydroxylation sites is 1. The standard InChI is InChI=1S/C23H29N3/c1-25(2)19-9-7-8-18(16-19)17-24-14-13-21-20-10-3-4-11-22(20)26-15-6-5-12-23(21)26/h3-4,7-11,16,24H,5-6,12-15,17H2,1-2H3. The predicted octanol–water partition coefficient (Wildman–Crippen LogP) is 4.38. The van der Waals surface area contributed by atoms with Crippen molar-refractivity contribution in [2.24, 2.45) is 0 Å². The van der Waals surface area contributed by atoms with Gasteiger partial charge in [-0.3, -0.25) is 0 Å². The van der Waals surface area contributed by atoms with Gasteiger partial charge in [-0.15, -0.1) is 0 Å². The zero-order chi connectivity index (χ0) is 17.9. The first-order valence-electron chi connectivity index (χ1n) is 9.80. The molecule has 0 saturated heterocycles. The van der Waals surface area contributed by atoms with Crippen molar-refractivity contribution in [1.82, 2.24) is 9.88 Å². The van der Waals surface area contributed by atoms with E-state index in [1.165, 1.54) is 48.0 Å². The fourth-order valence-corrected chi connectivity index (χ4v) is 4.20. The van der Waals surface area contributed by atoms with Gasteiger partial charge in [-0.1, -0.05) is 30.3 Å². The van der Waals surface area contributed by atoms with Crippen molar-refractivity contribution in [3.05, 3.63) is 65.4 Å². The average Bonchev–Trinajstić information content (AvgIpc) is 3.00. The normalized spacial score (nSPS) is 13.8. The lowest BCUT2D eigenvalue weighted by molar-refractivity contribution is 0.539. The van der Waals surface area contributed by atoms with Gasteiger partial charge in [-0.25, -0.2) is 0 Å². The summed E-state index contributed by atoms with van der Waals surface area (Å²) in [5, 5.41) is 5.11. The van der Waals surface area contributed by atoms with Gasteiger partial charge in [0.05, 0.1) is 0 Å². The van der Waals surface area contributed by atoms with Crippen LogP contribution in [0, 0.1) is 0 Å². The van der Waals surface area contributed by atoms with E-state index in [1.807, 2.05) is 0 Å². The summed E-state index contributed by atoms with van der Waals surface area (Å²) in [5.41, 5.74) is 7.18. The molecule has 3 heteroatoms. The number of benzene rings is 2. The van der Waals surface area contributed by atoms with Gasteiger partial charge in [0.15, 0.2) is 0 Å². The molecule has 3 nitrogen and oxygen atoms in total. The highest BCUT2D eigenvalue weighted by Gasteiger charge is 2.18. The van der Waals surface area contributed by atoms with Crippen molar-refractivity contribution in [2.75, 3.05) is 25.5 Å². The van der Waals surface area contributed by atoms with Gasteiger partial charge < -0.3 is 14.8 Å². The lowest BCUT2D eigenvalue weighted by atomic mass is 10.0. The predicted molar refractivity (Wildman–Crippen MR) is 111 cm³/mol. The minimum atomic E-state index is 0.926. The Morgan fingerprint density at radius 3 is 2.81 bits per heavy atom. The third kappa shape index (κ3) is 3.36. The van der Waals surface area contributed by atoms with E-state index in [9.17, 15) is 0 Å². The summed E-state index contributed by atoms with van der Waals surface area (Å²) in [6.07, 6.45) is 4.98. The van der Waals surface area contributed by atoms with E-state index in [-0.39, 0.29) is 0 Å². The van der Waals surface area contributed by atoms with Crippen molar-refractivity contribution in [2.45, 2.75) is 38.8 Å². The van der Waals surface area contributed by atoms with Crippen molar-refractivity contribution in [3.63, 3.8) is 0 Å². The Labute approximate surface area is 156 Å². The number of nitrogens with zero attached hydrogens (tertiary/aromatic N) is 2. The Morgan fingerprint density at radius 1 is 1.04 bits per heavy atom. The van der Waals surface area contributed by atoms with Crippen LogP contribution >= 0.6 is 0 Å². The Hall–Kier alpha value is -2.26. The maximum Gasteiger partial charge on any atom is 0.0485 e. The fraction of sp³-hybridized carbons (Fsp3) is 0.391. The second-order valence-corrected chi connectivity index (χ2v) is 7.54. The summed E-state index contributed by atoms with van der Waals surface area (Å²) in [7, 11) is 4.18. The SMILES string of the molecule is CN(C)c1cccc(CNCCc2c3n(c4ccccc24)CCCC3)c1. The molecule has 2 heterocycles. The molecule has 0 saturated carbocycles. The van der Waals surface area contributed by atoms with Crippen molar-refractivity contribution in [1.29, 1.82) is 0 Å². The molecule has 3 aromatic rings. The Morgan fingerprint density at radius 2 is 1.92 bits per heavy atom. The molecule has 2 aromatic carbocycles. The zero-order valence-corrected chi connectivity index (χ0v) is 16.0. The van der Waals surface area contributed by atoms with Crippen LogP contribution in [0.2, 0.25) is 0 Å². The maximum atomic E-state index is 3.65. The number of hydrogen-bond donors (Lipinski definition) is 1. The molecule has 1 aliphatic rings. The van der Waals surface area contributed by atoms with E-state index in [2.05, 4.69) is 77.4 Å². The summed E-state index contributed by atoms with van der Waals surface area (Å²) in [6.45, 7) is 3.13. The second-order valence-electron chi connectivity index (χ2n) is 7.54.